The van der Waals surface area contributed by atoms with Gasteiger partial charge in [-0.25, -0.2) is 0 Å². The van der Waals surface area contributed by atoms with Crippen LogP contribution in [0.2, 0.25) is 0 Å². The molecule has 1 fully saturated rings. The van der Waals surface area contributed by atoms with Gasteiger partial charge in [0.25, 0.3) is 0 Å². The molecule has 0 aromatic heterocycles. The Morgan fingerprint density at radius 3 is 2.62 bits per heavy atom. The molecule has 1 aliphatic heterocycles. The Morgan fingerprint density at radius 1 is 1.50 bits per heavy atom. The average Bonchev–Trinajstić information content (AvgIpc) is 2.26. The molecular weight excluding hydrogens is 202 g/mol. The Hall–Kier alpha value is -0.610. The summed E-state index contributed by atoms with van der Waals surface area (Å²) in [5, 5.41) is 3.13. The maximum Gasteiger partial charge on any atom is 0.234 e. The summed E-state index contributed by atoms with van der Waals surface area (Å²) >= 11 is 0. The van der Waals surface area contributed by atoms with E-state index in [1.165, 1.54) is 25.9 Å². The summed E-state index contributed by atoms with van der Waals surface area (Å²) in [6, 6.07) is -0.163. The van der Waals surface area contributed by atoms with Crippen molar-refractivity contribution in [3.63, 3.8) is 0 Å². The molecule has 0 aromatic rings. The standard InChI is InChI=1S/C12H25N3O/c1-3-14-11(12(13)16)6-9-15-7-4-10(2)5-8-15/h10-11,14H,3-9H2,1-2H3,(H2,13,16). The number of rotatable bonds is 6. The van der Waals surface area contributed by atoms with Gasteiger partial charge in [-0.05, 0) is 44.8 Å². The molecule has 1 saturated heterocycles. The predicted octanol–water partition coefficient (Wildman–Crippen LogP) is 0.572. The maximum atomic E-state index is 11.2. The number of carbonyl (C=O) groups excluding carboxylic acids is 1. The lowest BCUT2D eigenvalue weighted by atomic mass is 9.99. The van der Waals surface area contributed by atoms with Gasteiger partial charge in [-0.3, -0.25) is 4.79 Å². The number of nitrogens with two attached hydrogens (primary N) is 1. The molecule has 1 unspecified atom stereocenters. The van der Waals surface area contributed by atoms with Crippen molar-refractivity contribution < 1.29 is 4.79 Å². The summed E-state index contributed by atoms with van der Waals surface area (Å²) in [4.78, 5) is 13.6. The number of likely N-dealkylation sites (N-methyl/N-ethyl adjacent to an activating group) is 1. The van der Waals surface area contributed by atoms with E-state index in [1.807, 2.05) is 6.92 Å². The fourth-order valence-corrected chi connectivity index (χ4v) is 2.19. The fraction of sp³-hybridized carbons (Fsp3) is 0.917. The Labute approximate surface area is 98.6 Å². The highest BCUT2D eigenvalue weighted by atomic mass is 16.1. The lowest BCUT2D eigenvalue weighted by molar-refractivity contribution is -0.120. The summed E-state index contributed by atoms with van der Waals surface area (Å²) in [6.45, 7) is 8.41. The number of nitrogens with one attached hydrogen (secondary N) is 1. The minimum Gasteiger partial charge on any atom is -0.368 e. The van der Waals surface area contributed by atoms with Crippen LogP contribution >= 0.6 is 0 Å². The molecule has 1 atom stereocenters. The first-order valence-corrected chi connectivity index (χ1v) is 6.38. The van der Waals surface area contributed by atoms with E-state index in [2.05, 4.69) is 17.1 Å². The predicted molar refractivity (Wildman–Crippen MR) is 66.1 cm³/mol. The molecule has 4 heteroatoms. The van der Waals surface area contributed by atoms with Gasteiger partial charge in [0.15, 0.2) is 0 Å². The highest BCUT2D eigenvalue weighted by molar-refractivity contribution is 5.79. The number of amides is 1. The quantitative estimate of drug-likeness (QED) is 0.697. The Kier molecular flexibility index (Phi) is 5.77. The van der Waals surface area contributed by atoms with Crippen molar-refractivity contribution in [2.45, 2.75) is 39.2 Å². The lowest BCUT2D eigenvalue weighted by Gasteiger charge is -2.31. The topological polar surface area (TPSA) is 58.4 Å². The molecule has 0 spiro atoms. The zero-order chi connectivity index (χ0) is 12.0. The zero-order valence-corrected chi connectivity index (χ0v) is 10.5. The van der Waals surface area contributed by atoms with Crippen molar-refractivity contribution in [3.8, 4) is 0 Å². The molecule has 94 valence electrons. The largest absolute Gasteiger partial charge is 0.368 e. The van der Waals surface area contributed by atoms with Crippen LogP contribution in [0, 0.1) is 5.92 Å². The minimum atomic E-state index is -0.229. The average molecular weight is 227 g/mol. The molecule has 0 bridgehead atoms. The van der Waals surface area contributed by atoms with Crippen LogP contribution in [0.25, 0.3) is 0 Å². The van der Waals surface area contributed by atoms with Crippen LogP contribution in [0.5, 0.6) is 0 Å². The number of hydrogen-bond acceptors (Lipinski definition) is 3. The van der Waals surface area contributed by atoms with Gasteiger partial charge in [0.1, 0.15) is 0 Å². The van der Waals surface area contributed by atoms with Crippen molar-refractivity contribution in [2.24, 2.45) is 11.7 Å². The molecule has 0 saturated carbocycles. The number of primary amides is 1. The van der Waals surface area contributed by atoms with E-state index in [0.717, 1.165) is 25.4 Å². The first-order chi connectivity index (χ1) is 7.63. The van der Waals surface area contributed by atoms with Crippen LogP contribution in [0.4, 0.5) is 0 Å². The second-order valence-corrected chi connectivity index (χ2v) is 4.83. The summed E-state index contributed by atoms with van der Waals surface area (Å²) in [6.07, 6.45) is 3.39. The van der Waals surface area contributed by atoms with Crippen molar-refractivity contribution >= 4 is 5.91 Å². The number of likely N-dealkylation sites (tertiary alicyclic amines) is 1. The fourth-order valence-electron chi connectivity index (χ4n) is 2.19. The Balaban J connectivity index is 2.23. The molecule has 0 radical (unpaired) electrons. The molecular formula is C12H25N3O. The van der Waals surface area contributed by atoms with E-state index < -0.39 is 0 Å². The second kappa shape index (κ2) is 6.86. The van der Waals surface area contributed by atoms with Crippen molar-refractivity contribution in [1.29, 1.82) is 0 Å². The van der Waals surface area contributed by atoms with Crippen LogP contribution in [-0.2, 0) is 4.79 Å². The van der Waals surface area contributed by atoms with Gasteiger partial charge in [-0.1, -0.05) is 13.8 Å². The van der Waals surface area contributed by atoms with Crippen LogP contribution in [0.1, 0.15) is 33.1 Å². The molecule has 1 amide bonds. The third kappa shape index (κ3) is 4.49. The van der Waals surface area contributed by atoms with Gasteiger partial charge in [-0.2, -0.15) is 0 Å². The van der Waals surface area contributed by atoms with Gasteiger partial charge >= 0.3 is 0 Å². The SMILES string of the molecule is CCNC(CCN1CCC(C)CC1)C(N)=O. The summed E-state index contributed by atoms with van der Waals surface area (Å²) in [7, 11) is 0. The van der Waals surface area contributed by atoms with Crippen LogP contribution < -0.4 is 11.1 Å². The summed E-state index contributed by atoms with van der Waals surface area (Å²) < 4.78 is 0. The van der Waals surface area contributed by atoms with Crippen molar-refractivity contribution in [2.75, 3.05) is 26.2 Å². The highest BCUT2D eigenvalue weighted by Gasteiger charge is 2.18. The van der Waals surface area contributed by atoms with Crippen molar-refractivity contribution in [3.05, 3.63) is 0 Å². The van der Waals surface area contributed by atoms with Gasteiger partial charge in [-0.15, -0.1) is 0 Å². The third-order valence-corrected chi connectivity index (χ3v) is 3.40. The molecule has 1 aliphatic rings. The number of hydrogen-bond donors (Lipinski definition) is 2. The molecule has 3 N–H and O–H groups in total. The molecule has 0 aromatic carbocycles. The van der Waals surface area contributed by atoms with Crippen LogP contribution in [-0.4, -0.2) is 43.0 Å². The summed E-state index contributed by atoms with van der Waals surface area (Å²) in [5.74, 6) is 0.629. The first kappa shape index (κ1) is 13.5. The minimum absolute atomic E-state index is 0.163. The Morgan fingerprint density at radius 2 is 2.12 bits per heavy atom. The van der Waals surface area contributed by atoms with Gasteiger partial charge in [0.2, 0.25) is 5.91 Å². The van der Waals surface area contributed by atoms with E-state index in [0.29, 0.717) is 0 Å². The van der Waals surface area contributed by atoms with E-state index >= 15 is 0 Å². The Bertz CT molecular complexity index is 212. The van der Waals surface area contributed by atoms with Gasteiger partial charge in [0, 0.05) is 6.54 Å². The van der Waals surface area contributed by atoms with Crippen LogP contribution in [0.15, 0.2) is 0 Å². The van der Waals surface area contributed by atoms with Crippen molar-refractivity contribution in [1.82, 2.24) is 10.2 Å². The molecule has 1 rings (SSSR count). The van der Waals surface area contributed by atoms with Gasteiger partial charge in [0.05, 0.1) is 6.04 Å². The van der Waals surface area contributed by atoms with E-state index in [1.54, 1.807) is 0 Å². The molecule has 16 heavy (non-hydrogen) atoms. The monoisotopic (exact) mass is 227 g/mol. The smallest absolute Gasteiger partial charge is 0.234 e. The van der Waals surface area contributed by atoms with Crippen LogP contribution in [0.3, 0.4) is 0 Å². The van der Waals surface area contributed by atoms with E-state index in [9.17, 15) is 4.79 Å². The summed E-state index contributed by atoms with van der Waals surface area (Å²) in [5.41, 5.74) is 5.34. The normalized spacial score (nSPS) is 20.9. The van der Waals surface area contributed by atoms with Gasteiger partial charge < -0.3 is 16.0 Å². The maximum absolute atomic E-state index is 11.2. The first-order valence-electron chi connectivity index (χ1n) is 6.38. The van der Waals surface area contributed by atoms with E-state index in [4.69, 9.17) is 5.73 Å². The number of piperidine rings is 1. The zero-order valence-electron chi connectivity index (χ0n) is 10.5. The molecule has 0 aliphatic carbocycles. The van der Waals surface area contributed by atoms with E-state index in [-0.39, 0.29) is 11.9 Å². The third-order valence-electron chi connectivity index (χ3n) is 3.40. The second-order valence-electron chi connectivity index (χ2n) is 4.83. The lowest BCUT2D eigenvalue weighted by Crippen LogP contribution is -2.44. The molecule has 4 nitrogen and oxygen atoms in total. The number of carbonyl (C=O) groups is 1. The number of nitrogens with zero attached hydrogens (tertiary/aromatic N) is 1. The molecule has 1 heterocycles. The highest BCUT2D eigenvalue weighted by Crippen LogP contribution is 2.16.